The number of phenols is 3. The molecule has 0 aromatic heterocycles. The van der Waals surface area contributed by atoms with E-state index in [0.29, 0.717) is 106 Å². The zero-order valence-corrected chi connectivity index (χ0v) is 79.7. The number of carbonyl (C=O) groups is 9. The van der Waals surface area contributed by atoms with Crippen molar-refractivity contribution >= 4 is 64.8 Å². The number of hydrogen-bond donors (Lipinski definition) is 15. The molecule has 0 aliphatic carbocycles. The Kier molecular flexibility index (Phi) is 41.3. The van der Waals surface area contributed by atoms with Crippen LogP contribution in [0.1, 0.15) is 153 Å². The van der Waals surface area contributed by atoms with E-state index in [1.54, 1.807) is 90.1 Å². The van der Waals surface area contributed by atoms with Gasteiger partial charge in [0, 0.05) is 57.4 Å². The molecule has 6 aliphatic heterocycles. The Bertz CT molecular complexity index is 4810. The van der Waals surface area contributed by atoms with E-state index in [9.17, 15) is 84.8 Å². The molecule has 0 unspecified atom stereocenters. The standard InChI is InChI=1S/C33H45ClFN5O5.C33H44F3N5O5.C33H45F2N5O5/c1-20(2)29-33(44)38-27(18-40-14-4-5-15-40)31(42)36-13-7-9-23-8-6-10-25(35)30(23)45-19-21(3)37-26(32(43)39-29)17-22-11-12-28(41)24(34)16-22;1-19(2)28-33(45)39-27(17-41-12-4-5-13-41)31(43)37-11-7-9-22-8-6-10-23(34)30(22)46-18-20(3)38-26(32(44)40-28)16-21-14-24(35)29(42)25(36)15-21;1-20(2)29-33(44)38-27(18-40-14-4-5-15-40)31(42)36-13-7-9-23-8-6-10-24(34)30(23)45-19-21(3)37-26(32(43)39-29)17-22-11-12-28(41)25(35)16-22/h6,8,10-12,16,20-21,26-27,29,37,41H,4-5,7,9,13-15,17-19H2,1-3H3,(H,36,42)(H,38,44)(H,39,43);6,8,10,14-15,19-20,26-28,38,42H,4-5,7,9,11-13,16-18H2,1-3H3,(H,37,43)(H,39,45)(H,40,44);6,8,10-12,16,20-21,26-27,29,37,41H,4-5,7,9,13-15,17-19H2,1-3H3,(H,36,42)(H,38,44)(H,39,43)/t21-,26+,27-,29+;20-,26+,27-,28+;21-,26+,27-,29+/m000/s1. The van der Waals surface area contributed by atoms with E-state index in [1.165, 1.54) is 36.4 Å². The molecule has 136 heavy (non-hydrogen) atoms. The summed E-state index contributed by atoms with van der Waals surface area (Å²) in [6, 6.07) is 14.8. The van der Waals surface area contributed by atoms with Crippen molar-refractivity contribution in [2.24, 2.45) is 17.8 Å². The van der Waals surface area contributed by atoms with E-state index in [0.717, 1.165) is 96.0 Å². The van der Waals surface area contributed by atoms with Crippen LogP contribution in [0.3, 0.4) is 0 Å². The Hall–Kier alpha value is -11.0. The van der Waals surface area contributed by atoms with Crippen LogP contribution < -0.4 is 78.0 Å². The highest BCUT2D eigenvalue weighted by atomic mass is 35.5. The molecule has 0 saturated carbocycles. The highest BCUT2D eigenvalue weighted by Crippen LogP contribution is 2.31. The second-order valence-electron chi connectivity index (χ2n) is 37.2. The maximum Gasteiger partial charge on any atom is 0.243 e. The van der Waals surface area contributed by atoms with Gasteiger partial charge in [0.15, 0.2) is 63.7 Å². The third-order valence-electron chi connectivity index (χ3n) is 24.7. The third kappa shape index (κ3) is 32.3. The average Bonchev–Trinajstić information content (AvgIpc) is 0.891. The summed E-state index contributed by atoms with van der Waals surface area (Å²) in [5.74, 6) is -11.2. The number of ether oxygens (including phenoxy) is 3. The van der Waals surface area contributed by atoms with Gasteiger partial charge >= 0.3 is 0 Å². The summed E-state index contributed by atoms with van der Waals surface area (Å²) in [6.07, 6.45) is 9.00. The maximum absolute atomic E-state index is 14.9. The van der Waals surface area contributed by atoms with Gasteiger partial charge in [-0.15, -0.1) is 0 Å². The Labute approximate surface area is 796 Å². The number of fused-ring (bicyclic) bond motifs is 3. The molecule has 6 heterocycles. The largest absolute Gasteiger partial charge is 0.506 e. The summed E-state index contributed by atoms with van der Waals surface area (Å²) in [6.45, 7) is 23.0. The molecule has 0 spiro atoms. The monoisotopic (exact) mass is 1920 g/mol. The van der Waals surface area contributed by atoms with Gasteiger partial charge in [-0.3, -0.25) is 59.1 Å². The van der Waals surface area contributed by atoms with Gasteiger partial charge in [-0.25, -0.2) is 26.3 Å². The number of carbonyl (C=O) groups excluding carboxylic acids is 9. The molecular formula is C99H134ClF6N15O15. The minimum Gasteiger partial charge on any atom is -0.506 e. The molecule has 3 saturated heterocycles. The van der Waals surface area contributed by atoms with E-state index >= 15 is 0 Å². The number of para-hydroxylation sites is 3. The van der Waals surface area contributed by atoms with Crippen molar-refractivity contribution in [3.8, 4) is 34.5 Å². The van der Waals surface area contributed by atoms with Gasteiger partial charge in [0.25, 0.3) is 0 Å². The molecule has 6 aromatic rings. The second-order valence-corrected chi connectivity index (χ2v) is 37.6. The fraction of sp³-hybridized carbons (Fsp3) is 0.545. The summed E-state index contributed by atoms with van der Waals surface area (Å²) in [7, 11) is 0. The summed E-state index contributed by atoms with van der Waals surface area (Å²) < 4.78 is 105. The van der Waals surface area contributed by atoms with Gasteiger partial charge in [-0.1, -0.05) is 102 Å². The van der Waals surface area contributed by atoms with Crippen molar-refractivity contribution in [2.75, 3.05) is 98.4 Å². The van der Waals surface area contributed by atoms with Crippen molar-refractivity contribution in [1.29, 1.82) is 0 Å². The van der Waals surface area contributed by atoms with Crippen LogP contribution in [-0.2, 0) is 81.7 Å². The Morgan fingerprint density at radius 3 is 0.941 bits per heavy atom. The number of aromatic hydroxyl groups is 3. The zero-order valence-electron chi connectivity index (χ0n) is 78.9. The highest BCUT2D eigenvalue weighted by Gasteiger charge is 2.39. The number of phenolic OH excluding ortho intramolecular Hbond substituents is 3. The molecule has 30 nitrogen and oxygen atoms in total. The minimum atomic E-state index is -1.18. The first-order valence-corrected chi connectivity index (χ1v) is 47.8. The summed E-state index contributed by atoms with van der Waals surface area (Å²) in [5, 5.41) is 64.7. The normalized spacial score (nSPS) is 24.4. The van der Waals surface area contributed by atoms with Gasteiger partial charge < -0.3 is 92.1 Å². The number of halogens is 7. The Balaban J connectivity index is 0.000000211. The molecule has 12 rings (SSSR count). The number of benzene rings is 6. The van der Waals surface area contributed by atoms with Crippen molar-refractivity contribution in [2.45, 2.75) is 231 Å². The minimum absolute atomic E-state index is 0.0185. The maximum atomic E-state index is 14.9. The molecule has 0 radical (unpaired) electrons. The van der Waals surface area contributed by atoms with Crippen LogP contribution in [0.5, 0.6) is 34.5 Å². The van der Waals surface area contributed by atoms with E-state index in [1.807, 2.05) is 20.8 Å². The molecular weight excluding hydrogens is 1790 g/mol. The third-order valence-corrected chi connectivity index (χ3v) is 25.0. The molecule has 37 heteroatoms. The number of nitrogens with zero attached hydrogens (tertiary/aromatic N) is 3. The lowest BCUT2D eigenvalue weighted by Crippen LogP contribution is -2.60. The number of rotatable bonds is 15. The number of likely N-dealkylation sites (tertiary alicyclic amines) is 3. The summed E-state index contributed by atoms with van der Waals surface area (Å²) in [4.78, 5) is 129. The molecule has 9 amide bonds. The van der Waals surface area contributed by atoms with Crippen molar-refractivity contribution in [3.63, 3.8) is 0 Å². The van der Waals surface area contributed by atoms with Crippen LogP contribution in [0.25, 0.3) is 0 Å². The fourth-order valence-electron chi connectivity index (χ4n) is 17.3. The fourth-order valence-corrected chi connectivity index (χ4v) is 17.5. The smallest absolute Gasteiger partial charge is 0.243 e. The second kappa shape index (κ2) is 52.5. The summed E-state index contributed by atoms with van der Waals surface area (Å²) in [5.41, 5.74) is 3.14. The first-order chi connectivity index (χ1) is 64.9. The van der Waals surface area contributed by atoms with Crippen molar-refractivity contribution in [3.05, 3.63) is 176 Å². The molecule has 12 atom stereocenters. The zero-order chi connectivity index (χ0) is 98.4. The summed E-state index contributed by atoms with van der Waals surface area (Å²) >= 11 is 6.15. The number of hydrogen-bond acceptors (Lipinski definition) is 21. The number of aryl methyl sites for hydroxylation is 3. The quantitative estimate of drug-likeness (QED) is 0.0434. The lowest BCUT2D eigenvalue weighted by atomic mass is 10.00. The average molecular weight is 1920 g/mol. The highest BCUT2D eigenvalue weighted by molar-refractivity contribution is 6.32. The molecule has 744 valence electrons. The van der Waals surface area contributed by atoms with Gasteiger partial charge in [-0.2, -0.15) is 0 Å². The van der Waals surface area contributed by atoms with E-state index in [-0.39, 0.29) is 108 Å². The van der Waals surface area contributed by atoms with Crippen LogP contribution in [0, 0.1) is 52.7 Å². The van der Waals surface area contributed by atoms with Crippen molar-refractivity contribution < 1.29 is 99.0 Å². The molecule has 15 N–H and O–H groups in total. The Morgan fingerprint density at radius 2 is 0.640 bits per heavy atom. The van der Waals surface area contributed by atoms with Gasteiger partial charge in [0.05, 0.1) is 23.1 Å². The van der Waals surface area contributed by atoms with Crippen LogP contribution in [-0.4, -0.2) is 254 Å². The lowest BCUT2D eigenvalue weighted by molar-refractivity contribution is -0.134. The Morgan fingerprint density at radius 1 is 0.346 bits per heavy atom. The molecule has 6 aliphatic rings. The van der Waals surface area contributed by atoms with E-state index in [4.69, 9.17) is 25.8 Å². The first-order valence-electron chi connectivity index (χ1n) is 47.4. The van der Waals surface area contributed by atoms with Crippen LogP contribution in [0.4, 0.5) is 26.3 Å². The topological polar surface area (TPSA) is 396 Å². The van der Waals surface area contributed by atoms with Crippen LogP contribution >= 0.6 is 11.6 Å². The first kappa shape index (κ1) is 107. The predicted octanol–water partition coefficient (Wildman–Crippen LogP) is 7.92. The van der Waals surface area contributed by atoms with Crippen molar-refractivity contribution in [1.82, 2.24) is 78.5 Å². The van der Waals surface area contributed by atoms with Crippen LogP contribution in [0.15, 0.2) is 103 Å². The van der Waals surface area contributed by atoms with Gasteiger partial charge in [0.2, 0.25) is 53.2 Å². The molecule has 6 aromatic carbocycles. The predicted molar refractivity (Wildman–Crippen MR) is 502 cm³/mol. The number of amides is 9. The number of nitrogens with one attached hydrogen (secondary N) is 12. The van der Waals surface area contributed by atoms with E-state index in [2.05, 4.69) is 78.5 Å². The molecule has 0 bridgehead atoms. The SMILES string of the molecule is CC(C)[C@H]1NC(=O)[C@@H](Cc2cc(F)c(O)c(F)c2)N[C@@H](C)COc2c(F)cccc2CCCNC(=O)[C@H](CN2CCCC2)NC1=O.CC(C)[C@H]1NC(=O)[C@@H](Cc2ccc(O)c(Cl)c2)N[C@@H](C)COc2c(F)cccc2CCCNC(=O)[C@H](CN2CCCC2)NC1=O.CC(C)[C@H]1NC(=O)[C@@H](Cc2ccc(O)c(F)c2)N[C@@H](C)COc2c(F)cccc2CCCNC(=O)[C@H](CN2CCCC2)NC1=O. The molecule has 3 fully saturated rings. The van der Waals surface area contributed by atoms with Gasteiger partial charge in [0.1, 0.15) is 61.8 Å². The van der Waals surface area contributed by atoms with Crippen LogP contribution in [0.2, 0.25) is 5.02 Å². The van der Waals surface area contributed by atoms with E-state index < -0.39 is 154 Å². The van der Waals surface area contributed by atoms with Gasteiger partial charge in [-0.05, 0) is 262 Å². The lowest BCUT2D eigenvalue weighted by Gasteiger charge is -2.30.